The van der Waals surface area contributed by atoms with Crippen molar-refractivity contribution in [2.45, 2.75) is 18.9 Å². The average Bonchev–Trinajstić information content (AvgIpc) is 2.08. The molecule has 3 heteroatoms. The average molecular weight is 220 g/mol. The van der Waals surface area contributed by atoms with Crippen LogP contribution in [0.5, 0.6) is 0 Å². The molecule has 11 heavy (non-hydrogen) atoms. The van der Waals surface area contributed by atoms with Crippen LogP contribution < -0.4 is 0 Å². The van der Waals surface area contributed by atoms with Crippen molar-refractivity contribution in [2.24, 2.45) is 0 Å². The van der Waals surface area contributed by atoms with Crippen molar-refractivity contribution in [1.82, 2.24) is 4.90 Å². The van der Waals surface area contributed by atoms with Crippen LogP contribution in [0.15, 0.2) is 11.1 Å². The van der Waals surface area contributed by atoms with Crippen molar-refractivity contribution in [3.8, 4) is 0 Å². The van der Waals surface area contributed by atoms with Crippen LogP contribution >= 0.6 is 15.9 Å². The Labute approximate surface area is 76.0 Å². The lowest BCUT2D eigenvalue weighted by atomic mass is 10.1. The molecule has 0 spiro atoms. The van der Waals surface area contributed by atoms with E-state index in [1.165, 1.54) is 0 Å². The second kappa shape index (κ2) is 3.25. The van der Waals surface area contributed by atoms with Crippen LogP contribution in [-0.4, -0.2) is 35.2 Å². The maximum absolute atomic E-state index is 9.59. The number of likely N-dealkylation sites (tertiary alicyclic amines) is 1. The first-order chi connectivity index (χ1) is 4.99. The van der Waals surface area contributed by atoms with Crippen molar-refractivity contribution in [2.75, 3.05) is 19.6 Å². The van der Waals surface area contributed by atoms with E-state index >= 15 is 0 Å². The number of rotatable bonds is 2. The zero-order valence-electron chi connectivity index (χ0n) is 6.81. The van der Waals surface area contributed by atoms with Gasteiger partial charge in [0.15, 0.2) is 0 Å². The van der Waals surface area contributed by atoms with Crippen molar-refractivity contribution in [1.29, 1.82) is 0 Å². The van der Waals surface area contributed by atoms with E-state index in [1.54, 1.807) is 0 Å². The van der Waals surface area contributed by atoms with E-state index in [2.05, 4.69) is 27.4 Å². The van der Waals surface area contributed by atoms with Gasteiger partial charge in [-0.05, 0) is 13.3 Å². The standard InChI is InChI=1S/C8H14BrNO/c1-7(9)5-10-4-3-8(2,11)6-10/h11H,1,3-6H2,2H3. The fourth-order valence-corrected chi connectivity index (χ4v) is 1.77. The molecule has 64 valence electrons. The van der Waals surface area contributed by atoms with Gasteiger partial charge in [0.25, 0.3) is 0 Å². The third-order valence-corrected chi connectivity index (χ3v) is 2.18. The highest BCUT2D eigenvalue weighted by Gasteiger charge is 2.30. The topological polar surface area (TPSA) is 23.5 Å². The molecule has 0 aliphatic carbocycles. The molecule has 0 saturated carbocycles. The Morgan fingerprint density at radius 1 is 1.82 bits per heavy atom. The zero-order chi connectivity index (χ0) is 8.48. The number of β-amino-alcohol motifs (C(OH)–C–C–N with tert-alkyl or cyclic N) is 1. The van der Waals surface area contributed by atoms with Crippen LogP contribution in [0.25, 0.3) is 0 Å². The first kappa shape index (κ1) is 9.23. The van der Waals surface area contributed by atoms with E-state index in [0.29, 0.717) is 0 Å². The fraction of sp³-hybridized carbons (Fsp3) is 0.750. The molecule has 2 nitrogen and oxygen atoms in total. The Hall–Kier alpha value is 0.140. The van der Waals surface area contributed by atoms with Gasteiger partial charge in [0.2, 0.25) is 0 Å². The molecule has 0 aromatic carbocycles. The molecule has 1 saturated heterocycles. The van der Waals surface area contributed by atoms with E-state index in [9.17, 15) is 5.11 Å². The van der Waals surface area contributed by atoms with Gasteiger partial charge in [-0.2, -0.15) is 0 Å². The Morgan fingerprint density at radius 2 is 2.45 bits per heavy atom. The Balaban J connectivity index is 2.36. The molecule has 1 aliphatic rings. The van der Waals surface area contributed by atoms with E-state index in [1.807, 2.05) is 6.92 Å². The van der Waals surface area contributed by atoms with E-state index in [0.717, 1.165) is 30.5 Å². The summed E-state index contributed by atoms with van der Waals surface area (Å²) in [5, 5.41) is 9.59. The molecule has 0 bridgehead atoms. The van der Waals surface area contributed by atoms with E-state index in [-0.39, 0.29) is 0 Å². The summed E-state index contributed by atoms with van der Waals surface area (Å²) in [7, 11) is 0. The van der Waals surface area contributed by atoms with E-state index in [4.69, 9.17) is 0 Å². The molecule has 0 aromatic rings. The van der Waals surface area contributed by atoms with Gasteiger partial charge in [-0.1, -0.05) is 22.5 Å². The molecule has 0 radical (unpaired) electrons. The lowest BCUT2D eigenvalue weighted by Crippen LogP contribution is -2.30. The Bertz CT molecular complexity index is 167. The predicted octanol–water partition coefficient (Wildman–Crippen LogP) is 1.35. The van der Waals surface area contributed by atoms with Crippen molar-refractivity contribution in [3.63, 3.8) is 0 Å². The lowest BCUT2D eigenvalue weighted by molar-refractivity contribution is 0.0702. The zero-order valence-corrected chi connectivity index (χ0v) is 8.39. The second-order valence-electron chi connectivity index (χ2n) is 3.47. The fourth-order valence-electron chi connectivity index (χ4n) is 1.42. The minimum absolute atomic E-state index is 0.484. The highest BCUT2D eigenvalue weighted by molar-refractivity contribution is 9.11. The first-order valence-electron chi connectivity index (χ1n) is 3.78. The lowest BCUT2D eigenvalue weighted by Gasteiger charge is -2.17. The highest BCUT2D eigenvalue weighted by Crippen LogP contribution is 2.21. The predicted molar refractivity (Wildman–Crippen MR) is 49.7 cm³/mol. The van der Waals surface area contributed by atoms with Crippen LogP contribution in [0.1, 0.15) is 13.3 Å². The molecule has 1 rings (SSSR count). The highest BCUT2D eigenvalue weighted by atomic mass is 79.9. The van der Waals surface area contributed by atoms with Crippen molar-refractivity contribution >= 4 is 15.9 Å². The van der Waals surface area contributed by atoms with Crippen LogP contribution in [0.3, 0.4) is 0 Å². The molecule has 0 amide bonds. The van der Waals surface area contributed by atoms with Crippen LogP contribution in [-0.2, 0) is 0 Å². The maximum Gasteiger partial charge on any atom is 0.0758 e. The first-order valence-corrected chi connectivity index (χ1v) is 4.57. The molecule has 1 atom stereocenters. The molecule has 1 N–H and O–H groups in total. The summed E-state index contributed by atoms with van der Waals surface area (Å²) in [6.07, 6.45) is 0.868. The third-order valence-electron chi connectivity index (χ3n) is 1.93. The maximum atomic E-state index is 9.59. The third kappa shape index (κ3) is 2.93. The van der Waals surface area contributed by atoms with Gasteiger partial charge in [0.05, 0.1) is 5.60 Å². The van der Waals surface area contributed by atoms with Crippen LogP contribution in [0.2, 0.25) is 0 Å². The summed E-state index contributed by atoms with van der Waals surface area (Å²) in [6.45, 7) is 8.21. The molecular formula is C8H14BrNO. The van der Waals surface area contributed by atoms with Crippen molar-refractivity contribution in [3.05, 3.63) is 11.1 Å². The molecule has 0 aromatic heterocycles. The second-order valence-corrected chi connectivity index (χ2v) is 4.60. The molecule has 1 unspecified atom stereocenters. The van der Waals surface area contributed by atoms with Crippen molar-refractivity contribution < 1.29 is 5.11 Å². The minimum atomic E-state index is -0.484. The monoisotopic (exact) mass is 219 g/mol. The van der Waals surface area contributed by atoms with Gasteiger partial charge < -0.3 is 5.11 Å². The summed E-state index contributed by atoms with van der Waals surface area (Å²) >= 11 is 3.30. The van der Waals surface area contributed by atoms with Gasteiger partial charge in [-0.15, -0.1) is 0 Å². The summed E-state index contributed by atoms with van der Waals surface area (Å²) < 4.78 is 0.982. The molecular weight excluding hydrogens is 206 g/mol. The number of halogens is 1. The molecule has 1 heterocycles. The Kier molecular flexibility index (Phi) is 2.73. The molecule has 1 fully saturated rings. The smallest absolute Gasteiger partial charge is 0.0758 e. The minimum Gasteiger partial charge on any atom is -0.389 e. The quantitative estimate of drug-likeness (QED) is 0.759. The van der Waals surface area contributed by atoms with Gasteiger partial charge >= 0.3 is 0 Å². The number of nitrogens with zero attached hydrogens (tertiary/aromatic N) is 1. The summed E-state index contributed by atoms with van der Waals surface area (Å²) in [6, 6.07) is 0. The van der Waals surface area contributed by atoms with Gasteiger partial charge in [0.1, 0.15) is 0 Å². The molecule has 1 aliphatic heterocycles. The largest absolute Gasteiger partial charge is 0.389 e. The van der Waals surface area contributed by atoms with Crippen LogP contribution in [0.4, 0.5) is 0 Å². The van der Waals surface area contributed by atoms with Gasteiger partial charge in [-0.25, -0.2) is 0 Å². The SMILES string of the molecule is C=C(Br)CN1CCC(C)(O)C1. The number of hydrogen-bond donors (Lipinski definition) is 1. The van der Waals surface area contributed by atoms with Crippen LogP contribution in [0, 0.1) is 0 Å². The summed E-state index contributed by atoms with van der Waals surface area (Å²) in [5.74, 6) is 0. The normalized spacial score (nSPS) is 32.6. The summed E-state index contributed by atoms with van der Waals surface area (Å²) in [5.41, 5.74) is -0.484. The van der Waals surface area contributed by atoms with Gasteiger partial charge in [-0.3, -0.25) is 4.90 Å². The summed E-state index contributed by atoms with van der Waals surface area (Å²) in [4.78, 5) is 2.19. The number of hydrogen-bond acceptors (Lipinski definition) is 2. The Morgan fingerprint density at radius 3 is 2.82 bits per heavy atom. The van der Waals surface area contributed by atoms with Gasteiger partial charge in [0, 0.05) is 24.1 Å². The number of aliphatic hydroxyl groups is 1. The van der Waals surface area contributed by atoms with E-state index < -0.39 is 5.60 Å².